The lowest BCUT2D eigenvalue weighted by atomic mass is 9.90. The first-order chi connectivity index (χ1) is 13.7. The number of fused-ring (bicyclic) bond motifs is 3. The van der Waals surface area contributed by atoms with Gasteiger partial charge in [0.2, 0.25) is 5.91 Å². The molecule has 0 aliphatic carbocycles. The maximum Gasteiger partial charge on any atom is 0.264 e. The zero-order chi connectivity index (χ0) is 20.8. The van der Waals surface area contributed by atoms with Crippen molar-refractivity contribution in [1.82, 2.24) is 4.72 Å². The Labute approximate surface area is 176 Å². The highest BCUT2D eigenvalue weighted by molar-refractivity contribution is 7.90. The number of amides is 1. The fraction of sp³-hybridized carbons (Fsp3) is 0.200. The summed E-state index contributed by atoms with van der Waals surface area (Å²) in [4.78, 5) is 17.1. The van der Waals surface area contributed by atoms with Crippen molar-refractivity contribution in [2.45, 2.75) is 31.2 Å². The number of hydrogen-bond donors (Lipinski definition) is 2. The minimum Gasteiger partial charge on any atom is -0.375 e. The highest BCUT2D eigenvalue weighted by Crippen LogP contribution is 2.45. The van der Waals surface area contributed by atoms with Crippen LogP contribution in [-0.2, 0) is 20.4 Å². The molecule has 1 aromatic heterocycles. The highest BCUT2D eigenvalue weighted by Gasteiger charge is 2.33. The van der Waals surface area contributed by atoms with Gasteiger partial charge in [0.1, 0.15) is 4.67 Å². The lowest BCUT2D eigenvalue weighted by Crippen LogP contribution is -2.31. The lowest BCUT2D eigenvalue weighted by molar-refractivity contribution is -0.117. The van der Waals surface area contributed by atoms with Crippen molar-refractivity contribution in [2.75, 3.05) is 5.32 Å². The molecule has 9 heteroatoms. The molecule has 150 valence electrons. The Bertz CT molecular complexity index is 1270. The first-order valence-electron chi connectivity index (χ1n) is 8.87. The number of nitrogens with one attached hydrogen (secondary N) is 2. The van der Waals surface area contributed by atoms with E-state index in [1.807, 2.05) is 16.9 Å². The number of sulfonamides is 1. The van der Waals surface area contributed by atoms with Crippen molar-refractivity contribution in [3.05, 3.63) is 58.1 Å². The van der Waals surface area contributed by atoms with E-state index in [1.165, 1.54) is 17.0 Å². The van der Waals surface area contributed by atoms with Crippen LogP contribution < -0.4 is 14.7 Å². The Morgan fingerprint density at radius 3 is 2.45 bits per heavy atom. The Hall–Kier alpha value is -2.49. The van der Waals surface area contributed by atoms with Crippen LogP contribution in [0.1, 0.15) is 25.6 Å². The number of rotatable bonds is 3. The largest absolute Gasteiger partial charge is 0.375 e. The van der Waals surface area contributed by atoms with Crippen molar-refractivity contribution in [3.8, 4) is 11.1 Å². The molecule has 0 radical (unpaired) electrons. The quantitative estimate of drug-likeness (QED) is 0.592. The van der Waals surface area contributed by atoms with Crippen LogP contribution in [0.25, 0.3) is 11.1 Å². The van der Waals surface area contributed by atoms with Crippen LogP contribution in [0.3, 0.4) is 0 Å². The number of hydrogen-bond acceptors (Lipinski definition) is 7. The average Bonchev–Trinajstić information content (AvgIpc) is 3.06. The summed E-state index contributed by atoms with van der Waals surface area (Å²) in [7, 11) is -0.551. The van der Waals surface area contributed by atoms with Crippen LogP contribution in [0, 0.1) is 0 Å². The van der Waals surface area contributed by atoms with Gasteiger partial charge < -0.3 is 5.32 Å². The summed E-state index contributed by atoms with van der Waals surface area (Å²) < 4.78 is 27.1. The van der Waals surface area contributed by atoms with E-state index in [-0.39, 0.29) is 10.4 Å². The third kappa shape index (κ3) is 3.73. The minimum atomic E-state index is -3.85. The van der Waals surface area contributed by atoms with Gasteiger partial charge in [-0.05, 0) is 44.2 Å². The van der Waals surface area contributed by atoms with Gasteiger partial charge in [-0.1, -0.05) is 38.9 Å². The van der Waals surface area contributed by atoms with E-state index in [0.29, 0.717) is 5.69 Å². The van der Waals surface area contributed by atoms with Crippen LogP contribution in [0.2, 0.25) is 0 Å². The maximum absolute atomic E-state index is 12.1. The number of anilines is 1. The SMILES string of the molecule is CC(=O)NS(=O)(=O)c1ccc(N=c2ssc3c2-c2ccccc2NC3(C)C)cc1. The van der Waals surface area contributed by atoms with Gasteiger partial charge in [-0.3, -0.25) is 4.79 Å². The van der Waals surface area contributed by atoms with Gasteiger partial charge in [-0.2, -0.15) is 0 Å². The molecule has 1 aliphatic heterocycles. The Morgan fingerprint density at radius 1 is 1.07 bits per heavy atom. The van der Waals surface area contributed by atoms with E-state index in [0.717, 1.165) is 28.4 Å². The van der Waals surface area contributed by atoms with Crippen molar-refractivity contribution >= 4 is 48.0 Å². The van der Waals surface area contributed by atoms with E-state index in [9.17, 15) is 13.2 Å². The van der Waals surface area contributed by atoms with E-state index < -0.39 is 15.9 Å². The molecular weight excluding hydrogens is 426 g/mol. The summed E-state index contributed by atoms with van der Waals surface area (Å²) in [6.45, 7) is 5.46. The van der Waals surface area contributed by atoms with Crippen molar-refractivity contribution in [2.24, 2.45) is 4.99 Å². The smallest absolute Gasteiger partial charge is 0.264 e. The second-order valence-electron chi connectivity index (χ2n) is 7.24. The zero-order valence-corrected chi connectivity index (χ0v) is 18.5. The van der Waals surface area contributed by atoms with Crippen LogP contribution in [-0.4, -0.2) is 14.3 Å². The molecule has 0 bridgehead atoms. The number of nitrogens with zero attached hydrogens (tertiary/aromatic N) is 1. The van der Waals surface area contributed by atoms with E-state index in [1.54, 1.807) is 32.8 Å². The standard InChI is InChI=1S/C20H19N3O3S3/c1-12(24)23-29(25,26)14-10-8-13(9-11-14)21-19-17-15-6-4-5-7-16(15)22-20(2,3)18(17)27-28-19/h4-11,22H,1-3H3,(H,23,24). The van der Waals surface area contributed by atoms with Crippen molar-refractivity contribution in [3.63, 3.8) is 0 Å². The topological polar surface area (TPSA) is 87.6 Å². The minimum absolute atomic E-state index is 0.0262. The Balaban J connectivity index is 1.79. The lowest BCUT2D eigenvalue weighted by Gasteiger charge is -2.33. The summed E-state index contributed by atoms with van der Waals surface area (Å²) in [5, 5.41) is 3.58. The molecule has 2 heterocycles. The molecular formula is C20H19N3O3S3. The second kappa shape index (κ2) is 7.08. The van der Waals surface area contributed by atoms with Gasteiger partial charge in [-0.15, -0.1) is 0 Å². The monoisotopic (exact) mass is 445 g/mol. The number of para-hydroxylation sites is 1. The molecule has 0 fully saturated rings. The van der Waals surface area contributed by atoms with Crippen LogP contribution in [0.15, 0.2) is 58.4 Å². The fourth-order valence-electron chi connectivity index (χ4n) is 3.26. The number of carbonyl (C=O) groups is 1. The van der Waals surface area contributed by atoms with Gasteiger partial charge in [-0.25, -0.2) is 18.1 Å². The molecule has 0 spiro atoms. The average molecular weight is 446 g/mol. The second-order valence-corrected chi connectivity index (χ2v) is 11.0. The molecule has 3 aromatic rings. The highest BCUT2D eigenvalue weighted by atomic mass is 32.9. The van der Waals surface area contributed by atoms with E-state index in [2.05, 4.69) is 31.3 Å². The molecule has 6 nitrogen and oxygen atoms in total. The molecule has 0 unspecified atom stereocenters. The molecule has 29 heavy (non-hydrogen) atoms. The molecule has 0 saturated carbocycles. The molecule has 2 aromatic carbocycles. The number of carbonyl (C=O) groups excluding carboxylic acids is 1. The number of benzene rings is 2. The molecule has 0 saturated heterocycles. The molecule has 1 aliphatic rings. The molecule has 4 rings (SSSR count). The summed E-state index contributed by atoms with van der Waals surface area (Å²) in [5.41, 5.74) is 3.76. The predicted molar refractivity (Wildman–Crippen MR) is 117 cm³/mol. The van der Waals surface area contributed by atoms with Crippen LogP contribution in [0.4, 0.5) is 11.4 Å². The Kier molecular flexibility index (Phi) is 4.84. The molecule has 2 N–H and O–H groups in total. The van der Waals surface area contributed by atoms with Gasteiger partial charge in [0, 0.05) is 23.7 Å². The first-order valence-corrected chi connectivity index (χ1v) is 12.5. The van der Waals surface area contributed by atoms with Crippen LogP contribution >= 0.6 is 20.7 Å². The normalized spacial score (nSPS) is 15.2. The van der Waals surface area contributed by atoms with Crippen molar-refractivity contribution in [1.29, 1.82) is 0 Å². The third-order valence-electron chi connectivity index (χ3n) is 4.51. The van der Waals surface area contributed by atoms with Gasteiger partial charge in [0.15, 0.2) is 0 Å². The third-order valence-corrected chi connectivity index (χ3v) is 8.60. The maximum atomic E-state index is 12.1. The van der Waals surface area contributed by atoms with Crippen molar-refractivity contribution < 1.29 is 13.2 Å². The summed E-state index contributed by atoms with van der Waals surface area (Å²) in [5.74, 6) is -0.625. The van der Waals surface area contributed by atoms with Gasteiger partial charge in [0.25, 0.3) is 10.0 Å². The summed E-state index contributed by atoms with van der Waals surface area (Å²) in [6.07, 6.45) is 0. The van der Waals surface area contributed by atoms with Gasteiger partial charge >= 0.3 is 0 Å². The fourth-order valence-corrected chi connectivity index (χ4v) is 7.19. The van der Waals surface area contributed by atoms with Crippen LogP contribution in [0.5, 0.6) is 0 Å². The molecule has 0 atom stereocenters. The zero-order valence-electron chi connectivity index (χ0n) is 16.0. The summed E-state index contributed by atoms with van der Waals surface area (Å²) in [6, 6.07) is 14.4. The first kappa shape index (κ1) is 19.8. The Morgan fingerprint density at radius 2 is 1.76 bits per heavy atom. The summed E-state index contributed by atoms with van der Waals surface area (Å²) >= 11 is 0. The van der Waals surface area contributed by atoms with E-state index >= 15 is 0 Å². The predicted octanol–water partition coefficient (Wildman–Crippen LogP) is 4.19. The van der Waals surface area contributed by atoms with Gasteiger partial charge in [0.05, 0.1) is 21.0 Å². The molecule has 1 amide bonds. The van der Waals surface area contributed by atoms with E-state index in [4.69, 9.17) is 4.99 Å².